The van der Waals surface area contributed by atoms with Crippen molar-refractivity contribution in [2.24, 2.45) is 5.92 Å². The van der Waals surface area contributed by atoms with Crippen LogP contribution in [-0.2, 0) is 14.3 Å². The summed E-state index contributed by atoms with van der Waals surface area (Å²) >= 11 is 0. The lowest BCUT2D eigenvalue weighted by Gasteiger charge is -2.48. The van der Waals surface area contributed by atoms with Crippen molar-refractivity contribution in [1.29, 1.82) is 0 Å². The molecule has 31 heavy (non-hydrogen) atoms. The van der Waals surface area contributed by atoms with Crippen molar-refractivity contribution in [1.82, 2.24) is 19.7 Å². The molecule has 4 rings (SSSR count). The summed E-state index contributed by atoms with van der Waals surface area (Å²) < 4.78 is 5.28. The number of carbonyl (C=O) groups is 3. The molecule has 3 heterocycles. The second-order valence-electron chi connectivity index (χ2n) is 8.37. The number of rotatable bonds is 4. The first-order chi connectivity index (χ1) is 15.0. The van der Waals surface area contributed by atoms with E-state index in [2.05, 4.69) is 9.88 Å². The normalized spacial score (nSPS) is 24.2. The zero-order valence-corrected chi connectivity index (χ0v) is 18.2. The zero-order valence-electron chi connectivity index (χ0n) is 18.2. The van der Waals surface area contributed by atoms with E-state index in [0.717, 1.165) is 31.4 Å². The van der Waals surface area contributed by atoms with Crippen LogP contribution in [0.4, 0.5) is 0 Å². The standard InChI is InChI=1S/C23H30N4O4/c1-3-31-23(30)19-20(17-6-4-5-7-18(17)25(2)22(19)29)26-12-14-27(15-13-26)21(28)16-8-10-24-11-9-16/h8-11,17-18H,3-7,12-15H2,1-2H3. The Morgan fingerprint density at radius 3 is 2.45 bits per heavy atom. The second-order valence-corrected chi connectivity index (χ2v) is 8.37. The van der Waals surface area contributed by atoms with Crippen LogP contribution in [0.3, 0.4) is 0 Å². The highest BCUT2D eigenvalue weighted by Crippen LogP contribution is 2.40. The van der Waals surface area contributed by atoms with Gasteiger partial charge in [0.15, 0.2) is 0 Å². The third-order valence-electron chi connectivity index (χ3n) is 6.68. The first-order valence-corrected chi connectivity index (χ1v) is 11.2. The summed E-state index contributed by atoms with van der Waals surface area (Å²) in [6, 6.07) is 3.56. The summed E-state index contributed by atoms with van der Waals surface area (Å²) in [5, 5.41) is 0. The Labute approximate surface area is 182 Å². The van der Waals surface area contributed by atoms with Gasteiger partial charge in [0.05, 0.1) is 6.61 Å². The number of fused-ring (bicyclic) bond motifs is 1. The van der Waals surface area contributed by atoms with Crippen molar-refractivity contribution in [2.45, 2.75) is 38.6 Å². The molecule has 0 bridgehead atoms. The molecular formula is C23H30N4O4. The van der Waals surface area contributed by atoms with Gasteiger partial charge in [0.2, 0.25) is 0 Å². The van der Waals surface area contributed by atoms with E-state index in [4.69, 9.17) is 4.74 Å². The minimum absolute atomic E-state index is 0.0170. The van der Waals surface area contributed by atoms with E-state index in [0.29, 0.717) is 31.7 Å². The molecule has 1 aliphatic carbocycles. The van der Waals surface area contributed by atoms with Gasteiger partial charge in [-0.3, -0.25) is 14.6 Å². The van der Waals surface area contributed by atoms with Gasteiger partial charge in [-0.25, -0.2) is 4.79 Å². The Balaban J connectivity index is 1.60. The summed E-state index contributed by atoms with van der Waals surface area (Å²) in [6.07, 6.45) is 7.32. The molecule has 0 aromatic carbocycles. The van der Waals surface area contributed by atoms with Crippen LogP contribution in [0.25, 0.3) is 0 Å². The molecule has 3 aliphatic rings. The number of amides is 2. The first kappa shape index (κ1) is 21.3. The maximum absolute atomic E-state index is 13.2. The Morgan fingerprint density at radius 2 is 1.77 bits per heavy atom. The molecule has 2 aliphatic heterocycles. The average molecular weight is 427 g/mol. The fourth-order valence-electron chi connectivity index (χ4n) is 5.13. The van der Waals surface area contributed by atoms with Gasteiger partial charge in [-0.2, -0.15) is 0 Å². The smallest absolute Gasteiger partial charge is 0.345 e. The van der Waals surface area contributed by atoms with Crippen LogP contribution in [0.2, 0.25) is 0 Å². The first-order valence-electron chi connectivity index (χ1n) is 11.2. The van der Waals surface area contributed by atoms with Crippen LogP contribution in [0.5, 0.6) is 0 Å². The van der Waals surface area contributed by atoms with Crippen LogP contribution >= 0.6 is 0 Å². The fourth-order valence-corrected chi connectivity index (χ4v) is 5.13. The van der Waals surface area contributed by atoms with Crippen molar-refractivity contribution in [3.8, 4) is 0 Å². The van der Waals surface area contributed by atoms with Gasteiger partial charge < -0.3 is 19.4 Å². The van der Waals surface area contributed by atoms with Gasteiger partial charge >= 0.3 is 5.97 Å². The summed E-state index contributed by atoms with van der Waals surface area (Å²) in [4.78, 5) is 48.5. The number of carbonyl (C=O) groups excluding carboxylic acids is 3. The lowest BCUT2D eigenvalue weighted by Crippen LogP contribution is -2.56. The van der Waals surface area contributed by atoms with E-state index in [1.165, 1.54) is 0 Å². The van der Waals surface area contributed by atoms with Crippen molar-refractivity contribution in [3.05, 3.63) is 41.4 Å². The third-order valence-corrected chi connectivity index (χ3v) is 6.68. The molecule has 2 amide bonds. The molecule has 0 radical (unpaired) electrons. The highest BCUT2D eigenvalue weighted by Gasteiger charge is 2.46. The van der Waals surface area contributed by atoms with Gasteiger partial charge in [-0.15, -0.1) is 0 Å². The van der Waals surface area contributed by atoms with Gasteiger partial charge in [-0.1, -0.05) is 12.8 Å². The largest absolute Gasteiger partial charge is 0.462 e. The third kappa shape index (κ3) is 4.03. The number of hydrogen-bond acceptors (Lipinski definition) is 6. The zero-order chi connectivity index (χ0) is 22.0. The predicted octanol–water partition coefficient (Wildman–Crippen LogP) is 1.69. The number of aromatic nitrogens is 1. The number of pyridine rings is 1. The van der Waals surface area contributed by atoms with Crippen molar-refractivity contribution in [3.63, 3.8) is 0 Å². The molecule has 2 fully saturated rings. The van der Waals surface area contributed by atoms with E-state index in [1.807, 2.05) is 4.90 Å². The number of piperazine rings is 1. The predicted molar refractivity (Wildman–Crippen MR) is 114 cm³/mol. The lowest BCUT2D eigenvalue weighted by atomic mass is 9.76. The molecule has 2 unspecified atom stereocenters. The number of likely N-dealkylation sites (N-methyl/N-ethyl adjacent to an activating group) is 1. The Kier molecular flexibility index (Phi) is 6.25. The van der Waals surface area contributed by atoms with Crippen molar-refractivity contribution in [2.75, 3.05) is 39.8 Å². The minimum atomic E-state index is -0.534. The number of esters is 1. The molecule has 1 saturated carbocycles. The molecule has 0 spiro atoms. The molecule has 0 N–H and O–H groups in total. The van der Waals surface area contributed by atoms with Crippen molar-refractivity contribution < 1.29 is 19.1 Å². The monoisotopic (exact) mass is 426 g/mol. The summed E-state index contributed by atoms with van der Waals surface area (Å²) in [7, 11) is 1.80. The van der Waals surface area contributed by atoms with E-state index < -0.39 is 5.97 Å². The van der Waals surface area contributed by atoms with Crippen molar-refractivity contribution >= 4 is 17.8 Å². The van der Waals surface area contributed by atoms with Gasteiger partial charge in [0, 0.05) is 68.8 Å². The number of nitrogens with zero attached hydrogens (tertiary/aromatic N) is 4. The minimum Gasteiger partial charge on any atom is -0.462 e. The maximum atomic E-state index is 13.2. The van der Waals surface area contributed by atoms with Crippen LogP contribution < -0.4 is 0 Å². The summed E-state index contributed by atoms with van der Waals surface area (Å²) in [6.45, 7) is 4.26. The molecule has 166 valence electrons. The maximum Gasteiger partial charge on any atom is 0.345 e. The molecule has 2 atom stereocenters. The van der Waals surface area contributed by atoms with Crippen LogP contribution in [0, 0.1) is 5.92 Å². The second kappa shape index (κ2) is 9.08. The topological polar surface area (TPSA) is 83.1 Å². The molecule has 8 nitrogen and oxygen atoms in total. The number of hydrogen-bond donors (Lipinski definition) is 0. The van der Waals surface area contributed by atoms with Crippen LogP contribution in [0.1, 0.15) is 43.0 Å². The van der Waals surface area contributed by atoms with E-state index in [1.54, 1.807) is 43.4 Å². The summed E-state index contributed by atoms with van der Waals surface area (Å²) in [5.41, 5.74) is 1.64. The van der Waals surface area contributed by atoms with E-state index >= 15 is 0 Å². The fraction of sp³-hybridized carbons (Fsp3) is 0.565. The number of ether oxygens (including phenoxy) is 1. The Bertz CT molecular complexity index is 877. The van der Waals surface area contributed by atoms with Gasteiger partial charge in [0.25, 0.3) is 11.8 Å². The molecular weight excluding hydrogens is 396 g/mol. The van der Waals surface area contributed by atoms with E-state index in [-0.39, 0.29) is 36.0 Å². The Hall–Kier alpha value is -2.90. The van der Waals surface area contributed by atoms with Crippen LogP contribution in [-0.4, -0.2) is 83.3 Å². The van der Waals surface area contributed by atoms with Gasteiger partial charge in [0.1, 0.15) is 5.57 Å². The average Bonchev–Trinajstić information content (AvgIpc) is 2.81. The molecule has 1 aromatic rings. The SMILES string of the molecule is CCOC(=O)C1=C(N2CCN(C(=O)c3ccncc3)CC2)C2CCCCC2N(C)C1=O. The lowest BCUT2D eigenvalue weighted by molar-refractivity contribution is -0.144. The molecule has 1 aromatic heterocycles. The van der Waals surface area contributed by atoms with Gasteiger partial charge in [-0.05, 0) is 31.9 Å². The molecule has 1 saturated heterocycles. The molecule has 8 heteroatoms. The quantitative estimate of drug-likeness (QED) is 0.538. The van der Waals surface area contributed by atoms with Crippen LogP contribution in [0.15, 0.2) is 35.8 Å². The van der Waals surface area contributed by atoms with E-state index in [9.17, 15) is 14.4 Å². The highest BCUT2D eigenvalue weighted by molar-refractivity contribution is 6.17. The summed E-state index contributed by atoms with van der Waals surface area (Å²) in [5.74, 6) is -0.657. The Morgan fingerprint density at radius 1 is 1.10 bits per heavy atom. The highest BCUT2D eigenvalue weighted by atomic mass is 16.5.